The molecule has 2 fully saturated rings. The molecule has 0 bridgehead atoms. The van der Waals surface area contributed by atoms with Crippen molar-refractivity contribution in [1.82, 2.24) is 0 Å². The minimum atomic E-state index is -0.644. The Kier molecular flexibility index (Phi) is 8.17. The molecule has 0 aliphatic heterocycles. The number of hydrogen-bond donors (Lipinski definition) is 0. The minimum Gasteiger partial charge on any atom is -0.204 e. The fourth-order valence-corrected chi connectivity index (χ4v) is 5.68. The van der Waals surface area contributed by atoms with Crippen LogP contribution in [0.2, 0.25) is 0 Å². The van der Waals surface area contributed by atoms with Crippen molar-refractivity contribution in [2.45, 2.75) is 84.0 Å². The minimum absolute atomic E-state index is 0.326. The molecule has 0 saturated heterocycles. The third-order valence-electron chi connectivity index (χ3n) is 7.22. The average molecular weight is 406 g/mol. The Labute approximate surface area is 174 Å². The van der Waals surface area contributed by atoms with E-state index in [2.05, 4.69) is 24.1 Å². The Morgan fingerprint density at radius 1 is 0.893 bits per heavy atom. The summed E-state index contributed by atoms with van der Waals surface area (Å²) in [5.41, 5.74) is 0.391. The molecule has 28 heavy (non-hydrogen) atoms. The Morgan fingerprint density at radius 2 is 1.39 bits per heavy atom. The molecule has 2 saturated carbocycles. The van der Waals surface area contributed by atoms with Crippen LogP contribution in [-0.2, 0) is 6.42 Å². The summed E-state index contributed by atoms with van der Waals surface area (Å²) in [4.78, 5) is 3.48. The van der Waals surface area contributed by atoms with Crippen molar-refractivity contribution in [2.75, 3.05) is 0 Å². The van der Waals surface area contributed by atoms with Crippen molar-refractivity contribution in [1.29, 1.82) is 0 Å². The van der Waals surface area contributed by atoms with Gasteiger partial charge in [-0.05, 0) is 92.1 Å². The van der Waals surface area contributed by atoms with E-state index in [1.807, 2.05) is 5.16 Å². The molecule has 0 atom stereocenters. The molecule has 1 aromatic rings. The molecule has 1 nitrogen and oxygen atoms in total. The number of thiocarbonyl (C=S) groups is 1. The molecule has 0 radical (unpaired) electrons. The fourth-order valence-electron chi connectivity index (χ4n) is 5.59. The summed E-state index contributed by atoms with van der Waals surface area (Å²) in [7, 11) is 0. The van der Waals surface area contributed by atoms with Gasteiger partial charge in [0.2, 0.25) is 0 Å². The normalized spacial score (nSPS) is 28.0. The summed E-state index contributed by atoms with van der Waals surface area (Å²) in [6.07, 6.45) is 15.5. The molecule has 4 heteroatoms. The van der Waals surface area contributed by atoms with Crippen LogP contribution < -0.4 is 0 Å². The highest BCUT2D eigenvalue weighted by Crippen LogP contribution is 2.43. The van der Waals surface area contributed by atoms with Gasteiger partial charge in [0.15, 0.2) is 11.6 Å². The van der Waals surface area contributed by atoms with E-state index < -0.39 is 11.6 Å². The van der Waals surface area contributed by atoms with Crippen LogP contribution in [0, 0.1) is 35.3 Å². The standard InChI is InChI=1S/C24H33F2NS/c1-2-3-17-6-10-20(11-7-17)21-12-8-18(9-13-21)4-5-19-14-22(25)24(27-16-28)23(26)15-19/h14-15,17-18,20-21H,2-13H2,1H3. The first-order chi connectivity index (χ1) is 13.6. The molecule has 0 spiro atoms. The first kappa shape index (κ1) is 21.6. The van der Waals surface area contributed by atoms with Crippen molar-refractivity contribution in [2.24, 2.45) is 28.7 Å². The van der Waals surface area contributed by atoms with Crippen LogP contribution in [0.1, 0.15) is 83.1 Å². The second-order valence-electron chi connectivity index (χ2n) is 9.00. The fraction of sp³-hybridized carbons (Fsp3) is 0.708. The third-order valence-corrected chi connectivity index (χ3v) is 7.31. The molecule has 0 amide bonds. The summed E-state index contributed by atoms with van der Waals surface area (Å²) < 4.78 is 28.0. The second-order valence-corrected chi connectivity index (χ2v) is 9.18. The van der Waals surface area contributed by atoms with E-state index in [1.54, 1.807) is 0 Å². The average Bonchev–Trinajstić information content (AvgIpc) is 2.70. The van der Waals surface area contributed by atoms with Crippen LogP contribution in [0.4, 0.5) is 14.5 Å². The Bertz CT molecular complexity index is 659. The number of halogens is 2. The van der Waals surface area contributed by atoms with Crippen LogP contribution >= 0.6 is 12.2 Å². The molecule has 3 rings (SSSR count). The molecule has 2 aliphatic rings. The summed E-state index contributed by atoms with van der Waals surface area (Å²) >= 11 is 4.45. The number of nitrogens with zero attached hydrogens (tertiary/aromatic N) is 1. The van der Waals surface area contributed by atoms with Crippen molar-refractivity contribution >= 4 is 23.1 Å². The SMILES string of the molecule is CCCC1CCC(C2CCC(CCc3cc(F)c(N=C=S)c(F)c3)CC2)CC1. The molecule has 0 unspecified atom stereocenters. The van der Waals surface area contributed by atoms with Crippen LogP contribution in [0.3, 0.4) is 0 Å². The maximum atomic E-state index is 14.0. The van der Waals surface area contributed by atoms with Gasteiger partial charge in [-0.3, -0.25) is 0 Å². The summed E-state index contributed by atoms with van der Waals surface area (Å²) in [5, 5.41) is 2.04. The number of benzene rings is 1. The molecule has 1 aromatic carbocycles. The highest BCUT2D eigenvalue weighted by molar-refractivity contribution is 7.78. The van der Waals surface area contributed by atoms with Gasteiger partial charge in [0.05, 0.1) is 5.16 Å². The van der Waals surface area contributed by atoms with Crippen molar-refractivity contribution in [3.8, 4) is 0 Å². The number of aryl methyl sites for hydroxylation is 1. The van der Waals surface area contributed by atoms with E-state index >= 15 is 0 Å². The van der Waals surface area contributed by atoms with Crippen LogP contribution in [0.15, 0.2) is 17.1 Å². The van der Waals surface area contributed by atoms with E-state index in [0.29, 0.717) is 5.92 Å². The zero-order valence-corrected chi connectivity index (χ0v) is 17.9. The summed E-state index contributed by atoms with van der Waals surface area (Å²) in [5.74, 6) is 2.26. The predicted molar refractivity (Wildman–Crippen MR) is 115 cm³/mol. The van der Waals surface area contributed by atoms with Gasteiger partial charge in [0.1, 0.15) is 5.69 Å². The Balaban J connectivity index is 1.43. The van der Waals surface area contributed by atoms with Gasteiger partial charge in [-0.1, -0.05) is 45.4 Å². The zero-order chi connectivity index (χ0) is 19.9. The van der Waals surface area contributed by atoms with Crippen molar-refractivity contribution in [3.05, 3.63) is 29.3 Å². The lowest BCUT2D eigenvalue weighted by Crippen LogP contribution is -2.26. The Morgan fingerprint density at radius 3 is 1.86 bits per heavy atom. The van der Waals surface area contributed by atoms with Crippen LogP contribution in [0.25, 0.3) is 0 Å². The number of hydrogen-bond acceptors (Lipinski definition) is 2. The van der Waals surface area contributed by atoms with E-state index in [-0.39, 0.29) is 5.69 Å². The maximum absolute atomic E-state index is 14.0. The molecular formula is C24H33F2NS. The summed E-state index contributed by atoms with van der Waals surface area (Å²) in [6, 6.07) is 2.80. The van der Waals surface area contributed by atoms with Gasteiger partial charge in [0.25, 0.3) is 0 Å². The molecule has 154 valence electrons. The van der Waals surface area contributed by atoms with Crippen LogP contribution in [0.5, 0.6) is 0 Å². The van der Waals surface area contributed by atoms with Gasteiger partial charge in [-0.2, -0.15) is 4.99 Å². The van der Waals surface area contributed by atoms with E-state index in [0.717, 1.165) is 36.2 Å². The third kappa shape index (κ3) is 5.70. The zero-order valence-electron chi connectivity index (χ0n) is 17.1. The van der Waals surface area contributed by atoms with Crippen LogP contribution in [-0.4, -0.2) is 5.16 Å². The lowest BCUT2D eigenvalue weighted by molar-refractivity contribution is 0.141. The van der Waals surface area contributed by atoms with Gasteiger partial charge < -0.3 is 0 Å². The molecule has 0 aromatic heterocycles. The molecule has 0 heterocycles. The first-order valence-corrected chi connectivity index (χ1v) is 11.6. The van der Waals surface area contributed by atoms with Gasteiger partial charge in [-0.25, -0.2) is 8.78 Å². The monoisotopic (exact) mass is 405 g/mol. The largest absolute Gasteiger partial charge is 0.204 e. The van der Waals surface area contributed by atoms with Gasteiger partial charge >= 0.3 is 0 Å². The second kappa shape index (κ2) is 10.6. The Hall–Kier alpha value is -1.12. The molecular weight excluding hydrogens is 372 g/mol. The quantitative estimate of drug-likeness (QED) is 0.330. The van der Waals surface area contributed by atoms with E-state index in [4.69, 9.17) is 0 Å². The van der Waals surface area contributed by atoms with Crippen molar-refractivity contribution in [3.63, 3.8) is 0 Å². The number of isothiocyanates is 1. The lowest BCUT2D eigenvalue weighted by atomic mass is 9.68. The van der Waals surface area contributed by atoms with E-state index in [9.17, 15) is 8.78 Å². The van der Waals surface area contributed by atoms with E-state index in [1.165, 1.54) is 76.3 Å². The lowest BCUT2D eigenvalue weighted by Gasteiger charge is -2.38. The summed E-state index contributed by atoms with van der Waals surface area (Å²) in [6.45, 7) is 2.30. The molecule has 0 N–H and O–H groups in total. The highest BCUT2D eigenvalue weighted by atomic mass is 32.1. The first-order valence-electron chi connectivity index (χ1n) is 11.2. The van der Waals surface area contributed by atoms with Gasteiger partial charge in [0, 0.05) is 0 Å². The molecule has 2 aliphatic carbocycles. The number of rotatable bonds is 7. The predicted octanol–water partition coefficient (Wildman–Crippen LogP) is 8.04. The maximum Gasteiger partial charge on any atom is 0.152 e. The van der Waals surface area contributed by atoms with Crippen molar-refractivity contribution < 1.29 is 8.78 Å². The highest BCUT2D eigenvalue weighted by Gasteiger charge is 2.30. The topological polar surface area (TPSA) is 12.4 Å². The van der Waals surface area contributed by atoms with Gasteiger partial charge in [-0.15, -0.1) is 0 Å². The number of aliphatic imine (C=N–C) groups is 1. The smallest absolute Gasteiger partial charge is 0.152 e.